The highest BCUT2D eigenvalue weighted by molar-refractivity contribution is 6.48. The Morgan fingerprint density at radius 3 is 2.69 bits per heavy atom. The predicted octanol–water partition coefficient (Wildman–Crippen LogP) is 2.74. The monoisotopic (exact) mass is 380 g/mol. The van der Waals surface area contributed by atoms with Gasteiger partial charge in [0.05, 0.1) is 11.9 Å². The maximum absolute atomic E-state index is 12.8. The van der Waals surface area contributed by atoms with Crippen molar-refractivity contribution in [3.8, 4) is 0 Å². The van der Waals surface area contributed by atoms with Gasteiger partial charge in [-0.1, -0.05) is 38.6 Å². The summed E-state index contributed by atoms with van der Waals surface area (Å²) in [6, 6.07) is 0. The summed E-state index contributed by atoms with van der Waals surface area (Å²) in [7, 11) is 0.424. The summed E-state index contributed by atoms with van der Waals surface area (Å²) in [5, 5.41) is 8.01. The molecule has 1 fully saturated rings. The fourth-order valence-corrected chi connectivity index (χ4v) is 4.67. The van der Waals surface area contributed by atoms with Gasteiger partial charge < -0.3 is 9.16 Å². The molecule has 1 aromatic rings. The molecular formula is C18H32N4O3Si. The maximum Gasteiger partial charge on any atom is 0.412 e. The van der Waals surface area contributed by atoms with Crippen molar-refractivity contribution in [2.75, 3.05) is 13.2 Å². The number of carbonyl (C=O) groups is 1. The molecule has 8 heteroatoms. The molecule has 2 rings (SSSR count). The van der Waals surface area contributed by atoms with E-state index in [-0.39, 0.29) is 18.1 Å². The van der Waals surface area contributed by atoms with Gasteiger partial charge in [-0.15, -0.1) is 5.10 Å². The Hall–Kier alpha value is -1.67. The first-order chi connectivity index (χ1) is 12.1. The van der Waals surface area contributed by atoms with Gasteiger partial charge in [0, 0.05) is 20.0 Å². The molecule has 2 heterocycles. The van der Waals surface area contributed by atoms with E-state index in [1.165, 1.54) is 0 Å². The predicted molar refractivity (Wildman–Crippen MR) is 103 cm³/mol. The number of hydrogen-bond acceptors (Lipinski definition) is 5. The first-order valence-electron chi connectivity index (χ1n) is 9.15. The maximum atomic E-state index is 12.8. The van der Waals surface area contributed by atoms with Crippen LogP contribution in [0.3, 0.4) is 0 Å². The molecule has 0 saturated carbocycles. The zero-order valence-corrected chi connectivity index (χ0v) is 18.0. The Bertz CT molecular complexity index is 641. The third kappa shape index (κ3) is 4.53. The average molecular weight is 381 g/mol. The van der Waals surface area contributed by atoms with Gasteiger partial charge in [0.25, 0.3) is 0 Å². The lowest BCUT2D eigenvalue weighted by Gasteiger charge is -2.39. The minimum atomic E-state index is -1.44. The lowest BCUT2D eigenvalue weighted by Crippen LogP contribution is -2.53. The topological polar surface area (TPSA) is 69.5 Å². The Morgan fingerprint density at radius 1 is 1.50 bits per heavy atom. The second-order valence-electron chi connectivity index (χ2n) is 8.38. The SMILES string of the molecule is C=CCOC(=O)N1C[C@@H](C(C)(C)C)C[C@]1(Cc1cnnn1C)O[SiH](C)C. The van der Waals surface area contributed by atoms with E-state index in [4.69, 9.17) is 9.16 Å². The van der Waals surface area contributed by atoms with Crippen molar-refractivity contribution >= 4 is 15.1 Å². The molecule has 7 nitrogen and oxygen atoms in total. The first-order valence-corrected chi connectivity index (χ1v) is 11.9. The second kappa shape index (κ2) is 7.92. The highest BCUT2D eigenvalue weighted by Gasteiger charge is 2.53. The first kappa shape index (κ1) is 20.6. The van der Waals surface area contributed by atoms with E-state index in [9.17, 15) is 4.79 Å². The van der Waals surface area contributed by atoms with Crippen LogP contribution in [0.1, 0.15) is 32.9 Å². The van der Waals surface area contributed by atoms with Gasteiger partial charge in [-0.25, -0.2) is 4.79 Å². The van der Waals surface area contributed by atoms with Crippen LogP contribution in [0.15, 0.2) is 18.9 Å². The summed E-state index contributed by atoms with van der Waals surface area (Å²) >= 11 is 0. The molecule has 0 N–H and O–H groups in total. The zero-order valence-electron chi connectivity index (χ0n) is 16.9. The molecule has 0 radical (unpaired) electrons. The number of ether oxygens (including phenoxy) is 1. The van der Waals surface area contributed by atoms with Gasteiger partial charge in [-0.2, -0.15) is 0 Å². The van der Waals surface area contributed by atoms with Crippen LogP contribution in [-0.4, -0.2) is 53.9 Å². The molecule has 0 aromatic carbocycles. The number of likely N-dealkylation sites (tertiary alicyclic amines) is 1. The summed E-state index contributed by atoms with van der Waals surface area (Å²) in [5.74, 6) is 0.313. The minimum Gasteiger partial charge on any atom is -0.445 e. The summed E-state index contributed by atoms with van der Waals surface area (Å²) in [5.41, 5.74) is 0.285. The van der Waals surface area contributed by atoms with E-state index in [2.05, 4.69) is 50.8 Å². The molecule has 0 bridgehead atoms. The lowest BCUT2D eigenvalue weighted by molar-refractivity contribution is -0.0520. The van der Waals surface area contributed by atoms with Gasteiger partial charge in [0.1, 0.15) is 12.3 Å². The average Bonchev–Trinajstić information content (AvgIpc) is 3.09. The van der Waals surface area contributed by atoms with Crippen molar-refractivity contribution < 1.29 is 14.0 Å². The Balaban J connectivity index is 2.41. The molecule has 1 amide bonds. The Morgan fingerprint density at radius 2 is 2.19 bits per heavy atom. The van der Waals surface area contributed by atoms with Gasteiger partial charge in [-0.3, -0.25) is 9.58 Å². The van der Waals surface area contributed by atoms with Crippen LogP contribution in [0.2, 0.25) is 13.1 Å². The molecule has 2 atom stereocenters. The van der Waals surface area contributed by atoms with Gasteiger partial charge in [0.15, 0.2) is 9.04 Å². The quantitative estimate of drug-likeness (QED) is 0.561. The molecule has 0 unspecified atom stereocenters. The van der Waals surface area contributed by atoms with Crippen molar-refractivity contribution in [1.29, 1.82) is 0 Å². The third-order valence-corrected chi connectivity index (χ3v) is 5.86. The molecule has 0 spiro atoms. The molecular weight excluding hydrogens is 348 g/mol. The minimum absolute atomic E-state index is 0.0608. The van der Waals surface area contributed by atoms with E-state index < -0.39 is 14.8 Å². The number of amides is 1. The van der Waals surface area contributed by atoms with E-state index in [0.29, 0.717) is 18.9 Å². The highest BCUT2D eigenvalue weighted by atomic mass is 28.3. The molecule has 1 aliphatic heterocycles. The van der Waals surface area contributed by atoms with Crippen molar-refractivity contribution in [2.24, 2.45) is 18.4 Å². The fraction of sp³-hybridized carbons (Fsp3) is 0.722. The van der Waals surface area contributed by atoms with Crippen LogP contribution < -0.4 is 0 Å². The van der Waals surface area contributed by atoms with Gasteiger partial charge in [-0.05, 0) is 30.8 Å². The number of nitrogens with zero attached hydrogens (tertiary/aromatic N) is 4. The van der Waals surface area contributed by atoms with Crippen molar-refractivity contribution in [1.82, 2.24) is 19.9 Å². The third-order valence-electron chi connectivity index (χ3n) is 4.95. The Labute approximate surface area is 158 Å². The summed E-state index contributed by atoms with van der Waals surface area (Å²) in [6.07, 6.45) is 4.31. The van der Waals surface area contributed by atoms with Crippen LogP contribution in [0.25, 0.3) is 0 Å². The molecule has 1 aromatic heterocycles. The molecule has 1 aliphatic rings. The van der Waals surface area contributed by atoms with Crippen LogP contribution in [0.5, 0.6) is 0 Å². The molecule has 146 valence electrons. The number of rotatable bonds is 6. The number of aryl methyl sites for hydroxylation is 1. The van der Waals surface area contributed by atoms with E-state index >= 15 is 0 Å². The summed E-state index contributed by atoms with van der Waals surface area (Å²) in [4.78, 5) is 14.6. The summed E-state index contributed by atoms with van der Waals surface area (Å²) < 4.78 is 13.7. The Kier molecular flexibility index (Phi) is 6.28. The van der Waals surface area contributed by atoms with Crippen molar-refractivity contribution in [3.63, 3.8) is 0 Å². The number of aromatic nitrogens is 3. The summed E-state index contributed by atoms with van der Waals surface area (Å²) in [6.45, 7) is 15.3. The largest absolute Gasteiger partial charge is 0.445 e. The second-order valence-corrected chi connectivity index (χ2v) is 10.7. The number of hydrogen-bond donors (Lipinski definition) is 0. The lowest BCUT2D eigenvalue weighted by atomic mass is 9.78. The van der Waals surface area contributed by atoms with Gasteiger partial charge >= 0.3 is 6.09 Å². The van der Waals surface area contributed by atoms with E-state index in [0.717, 1.165) is 12.1 Å². The molecule has 0 aliphatic carbocycles. The van der Waals surface area contributed by atoms with Crippen LogP contribution in [0.4, 0.5) is 4.79 Å². The highest BCUT2D eigenvalue weighted by Crippen LogP contribution is 2.45. The van der Waals surface area contributed by atoms with Crippen LogP contribution in [-0.2, 0) is 22.6 Å². The van der Waals surface area contributed by atoms with Crippen molar-refractivity contribution in [2.45, 2.75) is 52.4 Å². The van der Waals surface area contributed by atoms with Crippen LogP contribution in [0, 0.1) is 11.3 Å². The van der Waals surface area contributed by atoms with E-state index in [1.54, 1.807) is 21.9 Å². The van der Waals surface area contributed by atoms with Gasteiger partial charge in [0.2, 0.25) is 0 Å². The number of carbonyl (C=O) groups excluding carboxylic acids is 1. The fourth-order valence-electron chi connectivity index (χ4n) is 3.49. The van der Waals surface area contributed by atoms with Crippen molar-refractivity contribution in [3.05, 3.63) is 24.5 Å². The smallest absolute Gasteiger partial charge is 0.412 e. The molecule has 1 saturated heterocycles. The normalized spacial score (nSPS) is 23.5. The standard InChI is InChI=1S/C18H32N4O3Si/c1-8-9-24-16(23)22-13-14(17(2,3)4)10-18(22,25-26(6)7)11-15-12-19-20-21(15)5/h8,12,14,26H,1,9-11,13H2,2-7H3/t14-,18+/m0/s1. The van der Waals surface area contributed by atoms with Crippen LogP contribution >= 0.6 is 0 Å². The zero-order chi connectivity index (χ0) is 19.5. The van der Waals surface area contributed by atoms with E-state index in [1.807, 2.05) is 7.05 Å². The molecule has 26 heavy (non-hydrogen) atoms.